The number of anilines is 1. The van der Waals surface area contributed by atoms with Crippen molar-refractivity contribution in [1.29, 1.82) is 0 Å². The number of nitrogens with zero attached hydrogens (tertiary/aromatic N) is 1. The smallest absolute Gasteiger partial charge is 0.237 e. The highest BCUT2D eigenvalue weighted by Gasteiger charge is 2.55. The first kappa shape index (κ1) is 36.8. The van der Waals surface area contributed by atoms with Crippen molar-refractivity contribution in [1.82, 2.24) is 4.90 Å². The second-order valence-corrected chi connectivity index (χ2v) is 13.6. The lowest BCUT2D eigenvalue weighted by molar-refractivity contribution is -0.385. The molecule has 13 unspecified atom stereocenters. The van der Waals surface area contributed by atoms with Crippen LogP contribution in [0.1, 0.15) is 24.3 Å². The standard InChI is InChI=1S/C36H39ClN2O13/c1-17(40)38-23-13-18(11-12-22(23)37)15-47-35-28(43)26(41)30(24(49-35)14-39-32(45)20-9-5-6-10-21(20)33(39)46)52-36-29(44)27(42)31-25(50-36)16-48-34(51-31)19-7-3-2-4-8-19/h2-13,20-21,24-31,34-36,41-44H,14-16H2,1H3,(H,38,40). The molecular weight excluding hydrogens is 704 g/mol. The number of fused-ring (bicyclic) bond motifs is 2. The molecule has 1 aliphatic carbocycles. The molecule has 16 heteroatoms. The first-order valence-electron chi connectivity index (χ1n) is 16.9. The van der Waals surface area contributed by atoms with Gasteiger partial charge in [0, 0.05) is 12.5 Å². The van der Waals surface area contributed by atoms with Gasteiger partial charge in [-0.15, -0.1) is 0 Å². The minimum absolute atomic E-state index is 0.0332. The van der Waals surface area contributed by atoms with Crippen LogP contribution in [0.15, 0.2) is 72.8 Å². The molecule has 15 nitrogen and oxygen atoms in total. The van der Waals surface area contributed by atoms with Crippen LogP contribution in [-0.4, -0.2) is 118 Å². The summed E-state index contributed by atoms with van der Waals surface area (Å²) in [6.07, 6.45) is -8.65. The lowest BCUT2D eigenvalue weighted by atomic mass is 9.91. The van der Waals surface area contributed by atoms with Gasteiger partial charge in [-0.3, -0.25) is 19.3 Å². The summed E-state index contributed by atoms with van der Waals surface area (Å²) in [5.41, 5.74) is 1.58. The molecule has 0 bridgehead atoms. The largest absolute Gasteiger partial charge is 0.387 e. The number of nitrogens with one attached hydrogen (secondary N) is 1. The highest BCUT2D eigenvalue weighted by molar-refractivity contribution is 6.33. The van der Waals surface area contributed by atoms with Gasteiger partial charge in [0.2, 0.25) is 17.7 Å². The molecule has 7 rings (SSSR count). The molecule has 5 N–H and O–H groups in total. The van der Waals surface area contributed by atoms with Gasteiger partial charge in [-0.1, -0.05) is 72.3 Å². The monoisotopic (exact) mass is 742 g/mol. The van der Waals surface area contributed by atoms with Gasteiger partial charge >= 0.3 is 0 Å². The number of aliphatic hydroxyl groups excluding tert-OH is 4. The van der Waals surface area contributed by atoms with E-state index in [0.717, 1.165) is 4.90 Å². The molecule has 0 spiro atoms. The molecular formula is C36H39ClN2O13. The van der Waals surface area contributed by atoms with E-state index >= 15 is 0 Å². The van der Waals surface area contributed by atoms with Crippen molar-refractivity contribution in [3.8, 4) is 0 Å². The van der Waals surface area contributed by atoms with Crippen molar-refractivity contribution < 1.29 is 63.2 Å². The lowest BCUT2D eigenvalue weighted by Gasteiger charge is -2.49. The van der Waals surface area contributed by atoms with Gasteiger partial charge in [0.05, 0.1) is 42.3 Å². The van der Waals surface area contributed by atoms with Gasteiger partial charge in [0.25, 0.3) is 0 Å². The Morgan fingerprint density at radius 2 is 1.60 bits per heavy atom. The minimum Gasteiger partial charge on any atom is -0.387 e. The molecule has 0 radical (unpaired) electrons. The molecule has 2 aromatic carbocycles. The summed E-state index contributed by atoms with van der Waals surface area (Å²) >= 11 is 6.19. The van der Waals surface area contributed by atoms with Gasteiger partial charge in [-0.05, 0) is 17.7 Å². The second-order valence-electron chi connectivity index (χ2n) is 13.2. The molecule has 4 aliphatic heterocycles. The molecule has 4 saturated heterocycles. The third-order valence-corrected chi connectivity index (χ3v) is 10.0. The van der Waals surface area contributed by atoms with Gasteiger partial charge < -0.3 is 54.2 Å². The summed E-state index contributed by atoms with van der Waals surface area (Å²) in [6.45, 7) is 0.726. The zero-order valence-corrected chi connectivity index (χ0v) is 28.6. The quantitative estimate of drug-likeness (QED) is 0.228. The van der Waals surface area contributed by atoms with Crippen LogP contribution in [0, 0.1) is 11.8 Å². The Hall–Kier alpha value is -3.58. The van der Waals surface area contributed by atoms with Crippen LogP contribution in [0.3, 0.4) is 0 Å². The first-order valence-corrected chi connectivity index (χ1v) is 17.3. The van der Waals surface area contributed by atoms with E-state index in [-0.39, 0.29) is 19.1 Å². The van der Waals surface area contributed by atoms with Crippen molar-refractivity contribution in [2.75, 3.05) is 18.5 Å². The fourth-order valence-electron chi connectivity index (χ4n) is 7.02. The Bertz CT molecular complexity index is 1680. The van der Waals surface area contributed by atoms with Crippen molar-refractivity contribution in [3.05, 3.63) is 89.0 Å². The average molecular weight is 743 g/mol. The number of hydrogen-bond acceptors (Lipinski definition) is 13. The van der Waals surface area contributed by atoms with E-state index in [9.17, 15) is 34.8 Å². The summed E-state index contributed by atoms with van der Waals surface area (Å²) in [5, 5.41) is 47.9. The summed E-state index contributed by atoms with van der Waals surface area (Å²) < 4.78 is 35.9. The van der Waals surface area contributed by atoms with Gasteiger partial charge in [0.15, 0.2) is 18.9 Å². The van der Waals surface area contributed by atoms with E-state index in [1.54, 1.807) is 54.6 Å². The van der Waals surface area contributed by atoms with Gasteiger partial charge in [0.1, 0.15) is 48.8 Å². The van der Waals surface area contributed by atoms with Crippen molar-refractivity contribution >= 4 is 35.0 Å². The number of aliphatic hydroxyl groups is 4. The lowest BCUT2D eigenvalue weighted by Crippen LogP contribution is -2.66. The number of carbonyl (C=O) groups is 3. The Morgan fingerprint density at radius 1 is 0.904 bits per heavy atom. The van der Waals surface area contributed by atoms with Crippen LogP contribution >= 0.6 is 11.6 Å². The number of halogens is 1. The summed E-state index contributed by atoms with van der Waals surface area (Å²) in [7, 11) is 0. The summed E-state index contributed by atoms with van der Waals surface area (Å²) in [4.78, 5) is 39.4. The summed E-state index contributed by atoms with van der Waals surface area (Å²) in [6, 6.07) is 13.8. The number of imide groups is 1. The number of ether oxygens (including phenoxy) is 6. The Kier molecular flexibility index (Phi) is 10.9. The predicted molar refractivity (Wildman–Crippen MR) is 179 cm³/mol. The van der Waals surface area contributed by atoms with E-state index in [4.69, 9.17) is 40.0 Å². The first-order chi connectivity index (χ1) is 25.0. The molecule has 0 aromatic heterocycles. The predicted octanol–water partition coefficient (Wildman–Crippen LogP) is 0.935. The van der Waals surface area contributed by atoms with E-state index in [1.165, 1.54) is 6.92 Å². The average Bonchev–Trinajstić information content (AvgIpc) is 3.38. The van der Waals surface area contributed by atoms with Crippen LogP contribution in [-0.2, 0) is 49.4 Å². The highest BCUT2D eigenvalue weighted by Crippen LogP contribution is 2.38. The topological polar surface area (TPSA) is 203 Å². The zero-order valence-electron chi connectivity index (χ0n) is 27.8. The third kappa shape index (κ3) is 7.31. The Balaban J connectivity index is 1.09. The molecule has 4 heterocycles. The molecule has 278 valence electrons. The van der Waals surface area contributed by atoms with Gasteiger partial charge in [-0.2, -0.15) is 0 Å². The highest BCUT2D eigenvalue weighted by atomic mass is 35.5. The maximum absolute atomic E-state index is 13.4. The van der Waals surface area contributed by atoms with Crippen molar-refractivity contribution in [2.24, 2.45) is 11.8 Å². The van der Waals surface area contributed by atoms with Gasteiger partial charge in [-0.25, -0.2) is 0 Å². The number of carbonyl (C=O) groups excluding carboxylic acids is 3. The fraction of sp³-hybridized carbons (Fsp3) is 0.472. The van der Waals surface area contributed by atoms with E-state index in [0.29, 0.717) is 21.8 Å². The molecule has 52 heavy (non-hydrogen) atoms. The molecule has 2 aromatic rings. The maximum Gasteiger partial charge on any atom is 0.237 e. The number of allylic oxidation sites excluding steroid dienone is 2. The van der Waals surface area contributed by atoms with E-state index in [1.807, 2.05) is 18.2 Å². The molecule has 3 amide bonds. The van der Waals surface area contributed by atoms with Crippen LogP contribution in [0.5, 0.6) is 0 Å². The Morgan fingerprint density at radius 3 is 2.29 bits per heavy atom. The summed E-state index contributed by atoms with van der Waals surface area (Å²) in [5.74, 6) is -2.74. The maximum atomic E-state index is 13.4. The zero-order chi connectivity index (χ0) is 36.7. The number of likely N-dealkylation sites (tertiary alicyclic amines) is 1. The van der Waals surface area contributed by atoms with E-state index in [2.05, 4.69) is 5.32 Å². The SMILES string of the molecule is CC(=O)Nc1cc(COC2OC(CN3C(=O)C4C=CC=CC4C3=O)C(OC3OC4COC(c5ccccc5)OC4C(O)C3O)C(O)C2O)ccc1Cl. The Labute approximate surface area is 303 Å². The van der Waals surface area contributed by atoms with Crippen molar-refractivity contribution in [2.45, 2.75) is 81.2 Å². The number of benzene rings is 2. The number of hydrogen-bond donors (Lipinski definition) is 5. The second kappa shape index (κ2) is 15.4. The number of amides is 3. The van der Waals surface area contributed by atoms with Crippen LogP contribution in [0.4, 0.5) is 5.69 Å². The third-order valence-electron chi connectivity index (χ3n) is 9.69. The normalized spacial score (nSPS) is 37.1. The molecule has 5 aliphatic rings. The van der Waals surface area contributed by atoms with Crippen LogP contribution in [0.2, 0.25) is 5.02 Å². The molecule has 0 saturated carbocycles. The van der Waals surface area contributed by atoms with Crippen LogP contribution < -0.4 is 5.32 Å². The van der Waals surface area contributed by atoms with Crippen LogP contribution in [0.25, 0.3) is 0 Å². The van der Waals surface area contributed by atoms with E-state index < -0.39 is 97.9 Å². The van der Waals surface area contributed by atoms with Crippen molar-refractivity contribution in [3.63, 3.8) is 0 Å². The molecule has 13 atom stereocenters. The minimum atomic E-state index is -1.76. The fourth-order valence-corrected chi connectivity index (χ4v) is 7.18. The molecule has 4 fully saturated rings. The number of rotatable bonds is 9.